The Balaban J connectivity index is 1.50. The fourth-order valence-corrected chi connectivity index (χ4v) is 4.73. The van der Waals surface area contributed by atoms with Crippen LogP contribution in [0.4, 0.5) is 5.95 Å². The average molecular weight is 455 g/mol. The number of carbonyl (C=O) groups is 1. The fraction of sp³-hybridized carbons (Fsp3) is 0.259. The molecule has 0 radical (unpaired) electrons. The minimum Gasteiger partial charge on any atom is -0.496 e. The number of nitrogens with zero attached hydrogens (tertiary/aromatic N) is 4. The molecule has 5 rings (SSSR count). The molecule has 1 aliphatic heterocycles. The first kappa shape index (κ1) is 21.8. The Bertz CT molecular complexity index is 1410. The van der Waals surface area contributed by atoms with Gasteiger partial charge in [0.2, 0.25) is 5.95 Å². The molecule has 0 N–H and O–H groups in total. The second-order valence-corrected chi connectivity index (χ2v) is 8.59. The molecule has 1 unspecified atom stereocenters. The van der Waals surface area contributed by atoms with Gasteiger partial charge in [0, 0.05) is 50.1 Å². The minimum absolute atomic E-state index is 0.0636. The highest BCUT2D eigenvalue weighted by atomic mass is 16.5. The summed E-state index contributed by atoms with van der Waals surface area (Å²) in [5.41, 5.74) is 1.92. The van der Waals surface area contributed by atoms with Crippen LogP contribution in [0.15, 0.2) is 71.8 Å². The number of hydrogen-bond donors (Lipinski definition) is 0. The number of anilines is 1. The molecule has 7 nitrogen and oxygen atoms in total. The van der Waals surface area contributed by atoms with Gasteiger partial charge in [-0.25, -0.2) is 4.98 Å². The lowest BCUT2D eigenvalue weighted by Crippen LogP contribution is -2.42. The number of pyridine rings is 1. The van der Waals surface area contributed by atoms with Gasteiger partial charge >= 0.3 is 0 Å². The number of piperidine rings is 1. The van der Waals surface area contributed by atoms with E-state index in [2.05, 4.69) is 9.88 Å². The van der Waals surface area contributed by atoms with Gasteiger partial charge in [-0.2, -0.15) is 0 Å². The van der Waals surface area contributed by atoms with E-state index < -0.39 is 0 Å². The normalized spacial score (nSPS) is 15.9. The van der Waals surface area contributed by atoms with Crippen LogP contribution >= 0.6 is 0 Å². The number of rotatable bonds is 5. The minimum atomic E-state index is -0.227. The van der Waals surface area contributed by atoms with Gasteiger partial charge in [-0.3, -0.25) is 19.1 Å². The second-order valence-electron chi connectivity index (χ2n) is 8.59. The molecule has 7 heteroatoms. The van der Waals surface area contributed by atoms with Crippen LogP contribution in [0, 0.1) is 5.92 Å². The highest BCUT2D eigenvalue weighted by Gasteiger charge is 2.31. The van der Waals surface area contributed by atoms with Crippen LogP contribution in [0.1, 0.15) is 23.2 Å². The SMILES string of the molecule is COc1ccc2ccccc2c1C(=O)C1CCCN(c2nc(-c3ccncc3)cc(=O)n2C)C1. The van der Waals surface area contributed by atoms with Gasteiger partial charge in [0.25, 0.3) is 5.56 Å². The van der Waals surface area contributed by atoms with Crippen molar-refractivity contribution < 1.29 is 9.53 Å². The smallest absolute Gasteiger partial charge is 0.255 e. The summed E-state index contributed by atoms with van der Waals surface area (Å²) in [6, 6.07) is 16.9. The number of Topliss-reactive ketones (excluding diaryl/α,β-unsaturated/α-hetero) is 1. The summed E-state index contributed by atoms with van der Waals surface area (Å²) in [5.74, 6) is 0.997. The molecule has 1 atom stereocenters. The van der Waals surface area contributed by atoms with Crippen molar-refractivity contribution in [1.82, 2.24) is 14.5 Å². The first-order valence-electron chi connectivity index (χ1n) is 11.4. The van der Waals surface area contributed by atoms with Crippen LogP contribution in [-0.4, -0.2) is 40.5 Å². The zero-order chi connectivity index (χ0) is 23.7. The molecule has 172 valence electrons. The van der Waals surface area contributed by atoms with E-state index in [0.29, 0.717) is 29.5 Å². The van der Waals surface area contributed by atoms with E-state index in [1.165, 1.54) is 6.07 Å². The topological polar surface area (TPSA) is 77.3 Å². The van der Waals surface area contributed by atoms with Crippen LogP contribution in [0.25, 0.3) is 22.0 Å². The van der Waals surface area contributed by atoms with E-state index in [1.807, 2.05) is 48.5 Å². The molecule has 0 spiro atoms. The molecule has 4 aromatic rings. The van der Waals surface area contributed by atoms with Crippen LogP contribution in [0.2, 0.25) is 0 Å². The van der Waals surface area contributed by atoms with Gasteiger partial charge < -0.3 is 9.64 Å². The highest BCUT2D eigenvalue weighted by molar-refractivity contribution is 6.11. The third-order valence-corrected chi connectivity index (χ3v) is 6.52. The Morgan fingerprint density at radius 3 is 2.68 bits per heavy atom. The van der Waals surface area contributed by atoms with Crippen molar-refractivity contribution in [1.29, 1.82) is 0 Å². The number of benzene rings is 2. The van der Waals surface area contributed by atoms with Crippen molar-refractivity contribution >= 4 is 22.5 Å². The molecule has 34 heavy (non-hydrogen) atoms. The summed E-state index contributed by atoms with van der Waals surface area (Å²) in [4.78, 5) is 37.5. The number of ether oxygens (including phenoxy) is 1. The molecule has 3 heterocycles. The lowest BCUT2D eigenvalue weighted by molar-refractivity contribution is 0.0905. The molecule has 1 saturated heterocycles. The van der Waals surface area contributed by atoms with E-state index in [4.69, 9.17) is 9.72 Å². The summed E-state index contributed by atoms with van der Waals surface area (Å²) in [5, 5.41) is 1.91. The van der Waals surface area contributed by atoms with Crippen molar-refractivity contribution in [3.8, 4) is 17.0 Å². The predicted molar refractivity (Wildman–Crippen MR) is 132 cm³/mol. The molecule has 0 saturated carbocycles. The molecule has 1 aliphatic rings. The predicted octanol–water partition coefficient (Wildman–Crippen LogP) is 4.10. The number of aromatic nitrogens is 3. The molecule has 2 aromatic heterocycles. The van der Waals surface area contributed by atoms with Crippen LogP contribution < -0.4 is 15.2 Å². The lowest BCUT2D eigenvalue weighted by Gasteiger charge is -2.34. The fourth-order valence-electron chi connectivity index (χ4n) is 4.73. The maximum atomic E-state index is 13.8. The quantitative estimate of drug-likeness (QED) is 0.423. The Labute approximate surface area is 197 Å². The third-order valence-electron chi connectivity index (χ3n) is 6.52. The Morgan fingerprint density at radius 2 is 1.88 bits per heavy atom. The molecule has 0 amide bonds. The Morgan fingerprint density at radius 1 is 1.09 bits per heavy atom. The van der Waals surface area contributed by atoms with Gasteiger partial charge in [0.15, 0.2) is 5.78 Å². The summed E-state index contributed by atoms with van der Waals surface area (Å²) < 4.78 is 7.13. The average Bonchev–Trinajstić information content (AvgIpc) is 2.89. The Kier molecular flexibility index (Phi) is 5.84. The van der Waals surface area contributed by atoms with Crippen LogP contribution in [-0.2, 0) is 7.05 Å². The zero-order valence-corrected chi connectivity index (χ0v) is 19.3. The molecular formula is C27H26N4O3. The summed E-state index contributed by atoms with van der Waals surface area (Å²) >= 11 is 0. The lowest BCUT2D eigenvalue weighted by atomic mass is 9.87. The molecule has 2 aromatic carbocycles. The second kappa shape index (κ2) is 9.09. The van der Waals surface area contributed by atoms with Crippen LogP contribution in [0.5, 0.6) is 5.75 Å². The molecule has 0 aliphatic carbocycles. The molecule has 1 fully saturated rings. The number of methoxy groups -OCH3 is 1. The van der Waals surface area contributed by atoms with E-state index in [0.717, 1.165) is 35.7 Å². The number of carbonyl (C=O) groups excluding carboxylic acids is 1. The van der Waals surface area contributed by atoms with Gasteiger partial charge in [-0.05, 0) is 41.8 Å². The number of fused-ring (bicyclic) bond motifs is 1. The van der Waals surface area contributed by atoms with E-state index in [1.54, 1.807) is 31.1 Å². The molecular weight excluding hydrogens is 428 g/mol. The summed E-state index contributed by atoms with van der Waals surface area (Å²) in [7, 11) is 3.32. The van der Waals surface area contributed by atoms with Crippen LogP contribution in [0.3, 0.4) is 0 Å². The summed E-state index contributed by atoms with van der Waals surface area (Å²) in [6.07, 6.45) is 4.97. The summed E-state index contributed by atoms with van der Waals surface area (Å²) in [6.45, 7) is 1.22. The van der Waals surface area contributed by atoms with Crippen molar-refractivity contribution in [3.63, 3.8) is 0 Å². The van der Waals surface area contributed by atoms with Crippen molar-refractivity contribution in [2.24, 2.45) is 13.0 Å². The van der Waals surface area contributed by atoms with Gasteiger partial charge in [-0.1, -0.05) is 30.3 Å². The van der Waals surface area contributed by atoms with Gasteiger partial charge in [0.1, 0.15) is 5.75 Å². The highest BCUT2D eigenvalue weighted by Crippen LogP contribution is 2.33. The first-order chi connectivity index (χ1) is 16.6. The maximum Gasteiger partial charge on any atom is 0.255 e. The standard InChI is InChI=1S/C27H26N4O3/c1-30-24(32)16-22(19-11-13-28-14-12-19)29-27(30)31-15-5-7-20(17-31)26(33)25-21-8-4-3-6-18(21)9-10-23(25)34-2/h3-4,6,8-14,16,20H,5,7,15,17H2,1-2H3. The van der Waals surface area contributed by atoms with E-state index in [9.17, 15) is 9.59 Å². The van der Waals surface area contributed by atoms with Gasteiger partial charge in [0.05, 0.1) is 18.4 Å². The van der Waals surface area contributed by atoms with Crippen molar-refractivity contribution in [3.05, 3.63) is 82.9 Å². The van der Waals surface area contributed by atoms with Crippen molar-refractivity contribution in [2.45, 2.75) is 12.8 Å². The van der Waals surface area contributed by atoms with E-state index >= 15 is 0 Å². The Hall–Kier alpha value is -4.00. The zero-order valence-electron chi connectivity index (χ0n) is 19.3. The number of hydrogen-bond acceptors (Lipinski definition) is 6. The third kappa shape index (κ3) is 3.94. The first-order valence-corrected chi connectivity index (χ1v) is 11.4. The monoisotopic (exact) mass is 454 g/mol. The largest absolute Gasteiger partial charge is 0.496 e. The van der Waals surface area contributed by atoms with Gasteiger partial charge in [-0.15, -0.1) is 0 Å². The van der Waals surface area contributed by atoms with E-state index in [-0.39, 0.29) is 17.3 Å². The molecule has 0 bridgehead atoms. The van der Waals surface area contributed by atoms with Crippen molar-refractivity contribution in [2.75, 3.05) is 25.1 Å². The number of ketones is 1. The maximum absolute atomic E-state index is 13.8.